The number of alkyl halides is 3. The second kappa shape index (κ2) is 7.97. The Bertz CT molecular complexity index is 513. The molecular weight excluding hydrogens is 305 g/mol. The van der Waals surface area contributed by atoms with Gasteiger partial charge in [-0.3, -0.25) is 0 Å². The topological polar surface area (TPSA) is 46.5 Å². The molecule has 1 rings (SSSR count). The molecule has 0 fully saturated rings. The Morgan fingerprint density at radius 2 is 2.14 bits per heavy atom. The van der Waals surface area contributed by atoms with Gasteiger partial charge < -0.3 is 9.84 Å². The average Bonchev–Trinajstić information content (AvgIpc) is 2.41. The van der Waals surface area contributed by atoms with Crippen LogP contribution in [0.2, 0.25) is 0 Å². The number of hydrogen-bond donors (Lipinski definition) is 1. The van der Waals surface area contributed by atoms with Gasteiger partial charge in [-0.2, -0.15) is 24.9 Å². The minimum absolute atomic E-state index is 0.153. The average molecular weight is 320 g/mol. The molecular formula is C14H15F3O3S. The van der Waals surface area contributed by atoms with Crippen molar-refractivity contribution in [2.75, 3.05) is 18.1 Å². The minimum atomic E-state index is -4.56. The van der Waals surface area contributed by atoms with Crippen LogP contribution < -0.4 is 4.74 Å². The van der Waals surface area contributed by atoms with Gasteiger partial charge in [0.05, 0.1) is 12.2 Å². The first-order valence-corrected chi connectivity index (χ1v) is 7.33. The smallest absolute Gasteiger partial charge is 0.419 e. The zero-order valence-corrected chi connectivity index (χ0v) is 12.1. The first-order valence-electron chi connectivity index (χ1n) is 6.17. The number of carbonyl (C=O) groups is 1. The Balaban J connectivity index is 2.95. The maximum absolute atomic E-state index is 13.0. The standard InChI is InChI=1S/C14H15F3O3S/c1-2-21-8-7-20-12-5-3-10(4-6-13(18)19)9-11(12)14(15,16)17/h3-6,9H,2,7-8H2,1H3,(H,18,19)/b6-4+. The van der Waals surface area contributed by atoms with E-state index < -0.39 is 17.7 Å². The predicted octanol–water partition coefficient (Wildman–Crippen LogP) is 3.94. The molecule has 0 atom stereocenters. The SMILES string of the molecule is CCSCCOc1ccc(/C=C/C(=O)O)cc1C(F)(F)F. The molecule has 0 radical (unpaired) electrons. The molecule has 0 spiro atoms. The molecule has 0 unspecified atom stereocenters. The second-order valence-electron chi connectivity index (χ2n) is 3.97. The highest BCUT2D eigenvalue weighted by atomic mass is 32.2. The van der Waals surface area contributed by atoms with Gasteiger partial charge in [-0.15, -0.1) is 0 Å². The van der Waals surface area contributed by atoms with Crippen LogP contribution in [0.4, 0.5) is 13.2 Å². The molecule has 0 aliphatic rings. The first-order chi connectivity index (χ1) is 9.84. The van der Waals surface area contributed by atoms with Crippen molar-refractivity contribution in [2.45, 2.75) is 13.1 Å². The van der Waals surface area contributed by atoms with Crippen LogP contribution in [0.25, 0.3) is 6.08 Å². The Kier molecular flexibility index (Phi) is 6.61. The van der Waals surface area contributed by atoms with Crippen molar-refractivity contribution in [1.82, 2.24) is 0 Å². The van der Waals surface area contributed by atoms with Crippen LogP contribution in [0, 0.1) is 0 Å². The fourth-order valence-corrected chi connectivity index (χ4v) is 2.01. The molecule has 1 aromatic rings. The van der Waals surface area contributed by atoms with E-state index in [2.05, 4.69) is 0 Å². The van der Waals surface area contributed by atoms with Gasteiger partial charge in [0.25, 0.3) is 0 Å². The van der Waals surface area contributed by atoms with Gasteiger partial charge in [-0.25, -0.2) is 4.79 Å². The van der Waals surface area contributed by atoms with Crippen molar-refractivity contribution >= 4 is 23.8 Å². The number of aliphatic carboxylic acids is 1. The summed E-state index contributed by atoms with van der Waals surface area (Å²) >= 11 is 1.57. The van der Waals surface area contributed by atoms with E-state index in [-0.39, 0.29) is 17.9 Å². The molecule has 0 aromatic heterocycles. The van der Waals surface area contributed by atoms with E-state index in [9.17, 15) is 18.0 Å². The summed E-state index contributed by atoms with van der Waals surface area (Å²) < 4.78 is 44.1. The van der Waals surface area contributed by atoms with Gasteiger partial charge in [-0.05, 0) is 29.5 Å². The fourth-order valence-electron chi connectivity index (χ4n) is 1.52. The summed E-state index contributed by atoms with van der Waals surface area (Å²) in [5.74, 6) is 0.00948. The van der Waals surface area contributed by atoms with Crippen LogP contribution >= 0.6 is 11.8 Å². The fraction of sp³-hybridized carbons (Fsp3) is 0.357. The van der Waals surface area contributed by atoms with Crippen molar-refractivity contribution < 1.29 is 27.8 Å². The van der Waals surface area contributed by atoms with E-state index in [4.69, 9.17) is 9.84 Å². The number of hydrogen-bond acceptors (Lipinski definition) is 3. The third-order valence-corrected chi connectivity index (χ3v) is 3.28. The largest absolute Gasteiger partial charge is 0.492 e. The van der Waals surface area contributed by atoms with E-state index in [0.717, 1.165) is 24.0 Å². The monoisotopic (exact) mass is 320 g/mol. The number of thioether (sulfide) groups is 1. The van der Waals surface area contributed by atoms with E-state index in [0.29, 0.717) is 5.75 Å². The molecule has 3 nitrogen and oxygen atoms in total. The van der Waals surface area contributed by atoms with Crippen LogP contribution in [-0.4, -0.2) is 29.2 Å². The molecule has 0 aliphatic heterocycles. The number of carboxylic acids is 1. The van der Waals surface area contributed by atoms with Crippen LogP contribution in [0.15, 0.2) is 24.3 Å². The summed E-state index contributed by atoms with van der Waals surface area (Å²) in [6.07, 6.45) is -2.66. The van der Waals surface area contributed by atoms with Crippen molar-refractivity contribution in [3.05, 3.63) is 35.4 Å². The van der Waals surface area contributed by atoms with Gasteiger partial charge in [0.2, 0.25) is 0 Å². The van der Waals surface area contributed by atoms with Crippen molar-refractivity contribution in [3.63, 3.8) is 0 Å². The van der Waals surface area contributed by atoms with E-state index >= 15 is 0 Å². The molecule has 0 heterocycles. The number of benzene rings is 1. The summed E-state index contributed by atoms with van der Waals surface area (Å²) in [7, 11) is 0. The van der Waals surface area contributed by atoms with Crippen molar-refractivity contribution in [3.8, 4) is 5.75 Å². The molecule has 0 bridgehead atoms. The summed E-state index contributed by atoms with van der Waals surface area (Å²) in [6, 6.07) is 3.47. The lowest BCUT2D eigenvalue weighted by Crippen LogP contribution is -2.10. The van der Waals surface area contributed by atoms with Gasteiger partial charge in [0.15, 0.2) is 0 Å². The van der Waals surface area contributed by atoms with Crippen LogP contribution in [0.5, 0.6) is 5.75 Å². The highest BCUT2D eigenvalue weighted by Crippen LogP contribution is 2.37. The lowest BCUT2D eigenvalue weighted by atomic mass is 10.1. The zero-order valence-electron chi connectivity index (χ0n) is 11.3. The number of halogens is 3. The molecule has 0 amide bonds. The quantitative estimate of drug-likeness (QED) is 0.611. The van der Waals surface area contributed by atoms with Crippen LogP contribution in [-0.2, 0) is 11.0 Å². The van der Waals surface area contributed by atoms with Crippen LogP contribution in [0.3, 0.4) is 0 Å². The molecule has 1 aromatic carbocycles. The lowest BCUT2D eigenvalue weighted by Gasteiger charge is -2.14. The second-order valence-corrected chi connectivity index (χ2v) is 5.36. The maximum atomic E-state index is 13.0. The zero-order chi connectivity index (χ0) is 15.9. The molecule has 21 heavy (non-hydrogen) atoms. The van der Waals surface area contributed by atoms with Crippen molar-refractivity contribution in [2.24, 2.45) is 0 Å². The first kappa shape index (κ1) is 17.4. The van der Waals surface area contributed by atoms with Gasteiger partial charge in [-0.1, -0.05) is 13.0 Å². The molecule has 1 N–H and O–H groups in total. The number of rotatable bonds is 7. The summed E-state index contributed by atoms with van der Waals surface area (Å²) in [4.78, 5) is 10.4. The van der Waals surface area contributed by atoms with Crippen LogP contribution in [0.1, 0.15) is 18.1 Å². The summed E-state index contributed by atoms with van der Waals surface area (Å²) in [5, 5.41) is 8.49. The number of carboxylic acid groups (broad SMARTS) is 1. The highest BCUT2D eigenvalue weighted by Gasteiger charge is 2.34. The highest BCUT2D eigenvalue weighted by molar-refractivity contribution is 7.99. The van der Waals surface area contributed by atoms with Gasteiger partial charge in [0, 0.05) is 11.8 Å². The Labute approximate surface area is 124 Å². The Morgan fingerprint density at radius 1 is 1.43 bits per heavy atom. The maximum Gasteiger partial charge on any atom is 0.419 e. The predicted molar refractivity (Wildman–Crippen MR) is 76.6 cm³/mol. The Hall–Kier alpha value is -1.63. The normalized spacial score (nSPS) is 11.8. The Morgan fingerprint density at radius 3 is 2.71 bits per heavy atom. The molecule has 116 valence electrons. The molecule has 7 heteroatoms. The van der Waals surface area contributed by atoms with Gasteiger partial charge in [0.1, 0.15) is 5.75 Å². The summed E-state index contributed by atoms with van der Waals surface area (Å²) in [6.45, 7) is 2.14. The lowest BCUT2D eigenvalue weighted by molar-refractivity contribution is -0.139. The van der Waals surface area contributed by atoms with Crippen molar-refractivity contribution in [1.29, 1.82) is 0 Å². The minimum Gasteiger partial charge on any atom is -0.492 e. The van der Waals surface area contributed by atoms with Gasteiger partial charge >= 0.3 is 12.1 Å². The molecule has 0 saturated heterocycles. The third kappa shape index (κ3) is 6.12. The third-order valence-electron chi connectivity index (χ3n) is 2.42. The number of ether oxygens (including phenoxy) is 1. The molecule has 0 aliphatic carbocycles. The van der Waals surface area contributed by atoms with E-state index in [1.165, 1.54) is 12.1 Å². The van der Waals surface area contributed by atoms with E-state index in [1.807, 2.05) is 6.92 Å². The molecule has 0 saturated carbocycles. The summed E-state index contributed by atoms with van der Waals surface area (Å²) in [5.41, 5.74) is -0.753. The van der Waals surface area contributed by atoms with E-state index in [1.54, 1.807) is 11.8 Å².